The van der Waals surface area contributed by atoms with E-state index < -0.39 is 5.97 Å². The van der Waals surface area contributed by atoms with E-state index in [-0.39, 0.29) is 6.42 Å². The normalized spacial score (nSPS) is 15.0. The fourth-order valence-corrected chi connectivity index (χ4v) is 3.49. The summed E-state index contributed by atoms with van der Waals surface area (Å²) in [6, 6.07) is 12.3. The van der Waals surface area contributed by atoms with Crippen LogP contribution in [0.5, 0.6) is 0 Å². The second kappa shape index (κ2) is 6.95. The maximum atomic E-state index is 10.7. The Morgan fingerprint density at radius 3 is 2.39 bits per heavy atom. The Hall–Kier alpha value is -2.16. The predicted molar refractivity (Wildman–Crippen MR) is 90.8 cm³/mol. The number of hydrogen-bond donors (Lipinski definition) is 1. The van der Waals surface area contributed by atoms with Crippen LogP contribution in [0.4, 0.5) is 0 Å². The van der Waals surface area contributed by atoms with Gasteiger partial charge in [-0.05, 0) is 55.0 Å². The van der Waals surface area contributed by atoms with Gasteiger partial charge in [-0.2, -0.15) is 0 Å². The summed E-state index contributed by atoms with van der Waals surface area (Å²) in [4.78, 5) is 15.5. The molecule has 0 bridgehead atoms. The van der Waals surface area contributed by atoms with Gasteiger partial charge in [0.1, 0.15) is 0 Å². The molecule has 23 heavy (non-hydrogen) atoms. The molecule has 3 rings (SSSR count). The Morgan fingerprint density at radius 1 is 1.09 bits per heavy atom. The molecule has 0 spiro atoms. The first-order valence-corrected chi connectivity index (χ1v) is 8.37. The van der Waals surface area contributed by atoms with Gasteiger partial charge in [-0.15, -0.1) is 0 Å². The van der Waals surface area contributed by atoms with Gasteiger partial charge in [0.15, 0.2) is 0 Å². The highest BCUT2D eigenvalue weighted by Gasteiger charge is 2.19. The molecule has 0 atom stereocenters. The van der Waals surface area contributed by atoms with Crippen LogP contribution in [-0.2, 0) is 17.6 Å². The molecule has 1 saturated carbocycles. The Bertz CT molecular complexity index is 685. The molecule has 0 unspecified atom stereocenters. The number of nitrogens with zero attached hydrogens (tertiary/aromatic N) is 1. The summed E-state index contributed by atoms with van der Waals surface area (Å²) in [7, 11) is 0. The molecule has 1 aliphatic carbocycles. The second-order valence-corrected chi connectivity index (χ2v) is 6.59. The van der Waals surface area contributed by atoms with Gasteiger partial charge >= 0.3 is 5.97 Å². The minimum Gasteiger partial charge on any atom is -0.481 e. The number of benzene rings is 1. The molecule has 0 aliphatic heterocycles. The van der Waals surface area contributed by atoms with Gasteiger partial charge in [0.25, 0.3) is 0 Å². The van der Waals surface area contributed by atoms with E-state index in [4.69, 9.17) is 10.1 Å². The number of aryl methyl sites for hydroxylation is 1. The summed E-state index contributed by atoms with van der Waals surface area (Å²) >= 11 is 0. The quantitative estimate of drug-likeness (QED) is 0.897. The molecule has 1 fully saturated rings. The van der Waals surface area contributed by atoms with Gasteiger partial charge in [0.05, 0.1) is 6.42 Å². The van der Waals surface area contributed by atoms with Gasteiger partial charge < -0.3 is 5.11 Å². The first-order valence-electron chi connectivity index (χ1n) is 8.37. The monoisotopic (exact) mass is 309 g/mol. The van der Waals surface area contributed by atoms with E-state index in [1.54, 1.807) is 0 Å². The van der Waals surface area contributed by atoms with Crippen LogP contribution in [0.1, 0.15) is 59.7 Å². The van der Waals surface area contributed by atoms with Crippen molar-refractivity contribution in [3.63, 3.8) is 0 Å². The first kappa shape index (κ1) is 15.7. The lowest BCUT2D eigenvalue weighted by Gasteiger charge is -2.12. The zero-order valence-electron chi connectivity index (χ0n) is 13.6. The summed E-state index contributed by atoms with van der Waals surface area (Å²) in [5.41, 5.74) is 5.69. The average Bonchev–Trinajstić information content (AvgIpc) is 3.02. The zero-order chi connectivity index (χ0) is 16.2. The Kier molecular flexibility index (Phi) is 4.75. The van der Waals surface area contributed by atoms with Gasteiger partial charge in [0.2, 0.25) is 0 Å². The SMILES string of the molecule is Cc1cc(Cc2ccc(CC(=O)O)cc2)cc(C2CCCC2)n1. The third-order valence-corrected chi connectivity index (χ3v) is 4.59. The van der Waals surface area contributed by atoms with Crippen molar-refractivity contribution in [1.82, 2.24) is 4.98 Å². The van der Waals surface area contributed by atoms with E-state index in [1.807, 2.05) is 24.3 Å². The molecular formula is C20H23NO2. The van der Waals surface area contributed by atoms with Crippen LogP contribution in [0.15, 0.2) is 36.4 Å². The summed E-state index contributed by atoms with van der Waals surface area (Å²) in [5, 5.41) is 8.83. The lowest BCUT2D eigenvalue weighted by atomic mass is 9.97. The van der Waals surface area contributed by atoms with Crippen LogP contribution >= 0.6 is 0 Å². The van der Waals surface area contributed by atoms with Crippen molar-refractivity contribution in [2.75, 3.05) is 0 Å². The lowest BCUT2D eigenvalue weighted by molar-refractivity contribution is -0.136. The highest BCUT2D eigenvalue weighted by molar-refractivity contribution is 5.70. The van der Waals surface area contributed by atoms with E-state index in [2.05, 4.69) is 19.1 Å². The van der Waals surface area contributed by atoms with E-state index in [9.17, 15) is 4.79 Å². The van der Waals surface area contributed by atoms with Crippen LogP contribution in [-0.4, -0.2) is 16.1 Å². The van der Waals surface area contributed by atoms with Gasteiger partial charge in [-0.1, -0.05) is 37.1 Å². The maximum Gasteiger partial charge on any atom is 0.307 e. The standard InChI is InChI=1S/C20H23NO2/c1-14-10-17(12-19(21-14)18-4-2-3-5-18)11-15-6-8-16(9-7-15)13-20(22)23/h6-10,12,18H,2-5,11,13H2,1H3,(H,22,23). The number of carbonyl (C=O) groups is 1. The number of hydrogen-bond acceptors (Lipinski definition) is 2. The minimum absolute atomic E-state index is 0.0838. The van der Waals surface area contributed by atoms with Crippen molar-refractivity contribution in [1.29, 1.82) is 0 Å². The molecule has 3 nitrogen and oxygen atoms in total. The fraction of sp³-hybridized carbons (Fsp3) is 0.400. The molecule has 0 saturated heterocycles. The summed E-state index contributed by atoms with van der Waals surface area (Å²) in [6.45, 7) is 2.07. The van der Waals surface area contributed by atoms with Crippen LogP contribution < -0.4 is 0 Å². The Labute approximate surface area is 137 Å². The van der Waals surface area contributed by atoms with E-state index in [0.29, 0.717) is 5.92 Å². The highest BCUT2D eigenvalue weighted by Crippen LogP contribution is 2.33. The zero-order valence-corrected chi connectivity index (χ0v) is 13.6. The number of pyridine rings is 1. The summed E-state index contributed by atoms with van der Waals surface area (Å²) < 4.78 is 0. The van der Waals surface area contributed by atoms with E-state index in [1.165, 1.54) is 42.5 Å². The minimum atomic E-state index is -0.788. The van der Waals surface area contributed by atoms with Crippen molar-refractivity contribution in [3.05, 3.63) is 64.5 Å². The highest BCUT2D eigenvalue weighted by atomic mass is 16.4. The van der Waals surface area contributed by atoms with Gasteiger partial charge in [0, 0.05) is 17.3 Å². The Morgan fingerprint density at radius 2 is 1.74 bits per heavy atom. The van der Waals surface area contributed by atoms with Crippen molar-refractivity contribution in [2.24, 2.45) is 0 Å². The first-order chi connectivity index (χ1) is 11.1. The maximum absolute atomic E-state index is 10.7. The van der Waals surface area contributed by atoms with Crippen molar-refractivity contribution < 1.29 is 9.90 Å². The van der Waals surface area contributed by atoms with Crippen LogP contribution in [0.3, 0.4) is 0 Å². The molecule has 1 aromatic heterocycles. The number of carboxylic acids is 1. The summed E-state index contributed by atoms with van der Waals surface area (Å²) in [5.74, 6) is -0.157. The van der Waals surface area contributed by atoms with Gasteiger partial charge in [-0.3, -0.25) is 9.78 Å². The molecule has 120 valence electrons. The van der Waals surface area contributed by atoms with Crippen molar-refractivity contribution >= 4 is 5.97 Å². The van der Waals surface area contributed by atoms with Crippen molar-refractivity contribution in [2.45, 2.75) is 51.4 Å². The number of rotatable bonds is 5. The van der Waals surface area contributed by atoms with Crippen LogP contribution in [0.2, 0.25) is 0 Å². The molecule has 1 aromatic carbocycles. The molecule has 1 aliphatic rings. The molecule has 3 heteroatoms. The molecule has 0 amide bonds. The topological polar surface area (TPSA) is 50.2 Å². The molecule has 2 aromatic rings. The second-order valence-electron chi connectivity index (χ2n) is 6.59. The van der Waals surface area contributed by atoms with Crippen LogP contribution in [0, 0.1) is 6.92 Å². The van der Waals surface area contributed by atoms with E-state index in [0.717, 1.165) is 17.7 Å². The number of aromatic nitrogens is 1. The third-order valence-electron chi connectivity index (χ3n) is 4.59. The number of carboxylic acid groups (broad SMARTS) is 1. The predicted octanol–water partition coefficient (Wildman–Crippen LogP) is 4.27. The largest absolute Gasteiger partial charge is 0.481 e. The molecule has 1 N–H and O–H groups in total. The molecule has 1 heterocycles. The van der Waals surface area contributed by atoms with Crippen LogP contribution in [0.25, 0.3) is 0 Å². The smallest absolute Gasteiger partial charge is 0.307 e. The van der Waals surface area contributed by atoms with E-state index >= 15 is 0 Å². The molecular weight excluding hydrogens is 286 g/mol. The Balaban J connectivity index is 1.75. The van der Waals surface area contributed by atoms with Crippen molar-refractivity contribution in [3.8, 4) is 0 Å². The molecule has 0 radical (unpaired) electrons. The average molecular weight is 309 g/mol. The summed E-state index contributed by atoms with van der Waals surface area (Å²) in [6.07, 6.45) is 6.12. The third kappa shape index (κ3) is 4.19. The fourth-order valence-electron chi connectivity index (χ4n) is 3.49. The number of aliphatic carboxylic acids is 1. The van der Waals surface area contributed by atoms with Gasteiger partial charge in [-0.25, -0.2) is 0 Å². The lowest BCUT2D eigenvalue weighted by Crippen LogP contribution is -2.02.